The molecule has 1 rings (SSSR count). The molecular formula is C14H24N2O. The van der Waals surface area contributed by atoms with Crippen molar-refractivity contribution in [2.24, 2.45) is 5.73 Å². The Morgan fingerprint density at radius 3 is 2.41 bits per heavy atom. The van der Waals surface area contributed by atoms with Gasteiger partial charge in [-0.25, -0.2) is 0 Å². The third kappa shape index (κ3) is 4.36. The molecule has 3 nitrogen and oxygen atoms in total. The number of hydrogen-bond donors (Lipinski definition) is 1. The van der Waals surface area contributed by atoms with Crippen LogP contribution in [0.4, 0.5) is 0 Å². The highest BCUT2D eigenvalue weighted by Gasteiger charge is 2.11. The summed E-state index contributed by atoms with van der Waals surface area (Å²) in [7, 11) is 3.82. The molecule has 17 heavy (non-hydrogen) atoms. The van der Waals surface area contributed by atoms with Crippen LogP contribution in [0, 0.1) is 0 Å². The quantitative estimate of drug-likeness (QED) is 0.789. The number of ether oxygens (including phenoxy) is 1. The predicted molar refractivity (Wildman–Crippen MR) is 72.2 cm³/mol. The third-order valence-electron chi connectivity index (χ3n) is 3.11. The van der Waals surface area contributed by atoms with Crippen LogP contribution in [-0.2, 0) is 6.54 Å². The van der Waals surface area contributed by atoms with Gasteiger partial charge in [0.25, 0.3) is 0 Å². The molecule has 0 radical (unpaired) electrons. The lowest BCUT2D eigenvalue weighted by Crippen LogP contribution is -2.37. The van der Waals surface area contributed by atoms with Crippen molar-refractivity contribution < 1.29 is 4.74 Å². The summed E-state index contributed by atoms with van der Waals surface area (Å²) in [6.45, 7) is 3.86. The van der Waals surface area contributed by atoms with Gasteiger partial charge in [0, 0.05) is 19.1 Å². The first-order valence-electron chi connectivity index (χ1n) is 6.24. The number of benzene rings is 1. The van der Waals surface area contributed by atoms with Gasteiger partial charge in [-0.1, -0.05) is 25.5 Å². The minimum absolute atomic E-state index is 0.474. The number of methoxy groups -OCH3 is 1. The van der Waals surface area contributed by atoms with Crippen molar-refractivity contribution in [2.75, 3.05) is 20.7 Å². The van der Waals surface area contributed by atoms with E-state index in [1.165, 1.54) is 12.0 Å². The third-order valence-corrected chi connectivity index (χ3v) is 3.11. The Balaban J connectivity index is 2.56. The molecule has 0 aliphatic heterocycles. The number of nitrogens with two attached hydrogens (primary N) is 1. The van der Waals surface area contributed by atoms with E-state index in [0.29, 0.717) is 6.04 Å². The molecule has 0 saturated heterocycles. The summed E-state index contributed by atoms with van der Waals surface area (Å²) < 4.78 is 5.15. The molecule has 1 atom stereocenters. The topological polar surface area (TPSA) is 38.5 Å². The Bertz CT molecular complexity index is 311. The normalized spacial score (nSPS) is 12.8. The Kier molecular flexibility index (Phi) is 6.01. The van der Waals surface area contributed by atoms with Crippen LogP contribution in [0.1, 0.15) is 25.3 Å². The summed E-state index contributed by atoms with van der Waals surface area (Å²) in [6.07, 6.45) is 2.33. The highest BCUT2D eigenvalue weighted by atomic mass is 16.5. The maximum absolute atomic E-state index is 5.80. The molecule has 1 aromatic carbocycles. The molecule has 0 spiro atoms. The highest BCUT2D eigenvalue weighted by molar-refractivity contribution is 5.27. The van der Waals surface area contributed by atoms with Gasteiger partial charge < -0.3 is 10.5 Å². The molecule has 0 heterocycles. The van der Waals surface area contributed by atoms with E-state index in [9.17, 15) is 0 Å². The second-order valence-corrected chi connectivity index (χ2v) is 4.44. The minimum atomic E-state index is 0.474. The number of rotatable bonds is 7. The first kappa shape index (κ1) is 14.0. The molecule has 3 heteroatoms. The summed E-state index contributed by atoms with van der Waals surface area (Å²) in [5.74, 6) is 0.903. The zero-order chi connectivity index (χ0) is 12.7. The lowest BCUT2D eigenvalue weighted by molar-refractivity contribution is 0.226. The van der Waals surface area contributed by atoms with Crippen molar-refractivity contribution in [2.45, 2.75) is 32.4 Å². The minimum Gasteiger partial charge on any atom is -0.497 e. The van der Waals surface area contributed by atoms with Crippen LogP contribution in [-0.4, -0.2) is 31.6 Å². The lowest BCUT2D eigenvalue weighted by Gasteiger charge is -2.26. The van der Waals surface area contributed by atoms with E-state index in [1.807, 2.05) is 12.1 Å². The molecule has 0 aliphatic rings. The second kappa shape index (κ2) is 7.30. The maximum Gasteiger partial charge on any atom is 0.118 e. The summed E-state index contributed by atoms with van der Waals surface area (Å²) >= 11 is 0. The van der Waals surface area contributed by atoms with E-state index in [-0.39, 0.29) is 0 Å². The van der Waals surface area contributed by atoms with E-state index < -0.39 is 0 Å². The average molecular weight is 236 g/mol. The van der Waals surface area contributed by atoms with Crippen molar-refractivity contribution >= 4 is 0 Å². The smallest absolute Gasteiger partial charge is 0.118 e. The molecule has 96 valence electrons. The predicted octanol–water partition coefficient (Wildman–Crippen LogP) is 2.25. The van der Waals surface area contributed by atoms with Gasteiger partial charge in [-0.05, 0) is 31.2 Å². The van der Waals surface area contributed by atoms with Gasteiger partial charge in [0.05, 0.1) is 7.11 Å². The van der Waals surface area contributed by atoms with Crippen LogP contribution in [0.25, 0.3) is 0 Å². The van der Waals surface area contributed by atoms with Crippen LogP contribution in [0.3, 0.4) is 0 Å². The van der Waals surface area contributed by atoms with Gasteiger partial charge >= 0.3 is 0 Å². The van der Waals surface area contributed by atoms with E-state index >= 15 is 0 Å². The first-order chi connectivity index (χ1) is 8.21. The van der Waals surface area contributed by atoms with Crippen LogP contribution in [0.2, 0.25) is 0 Å². The van der Waals surface area contributed by atoms with Crippen molar-refractivity contribution in [1.82, 2.24) is 4.90 Å². The maximum atomic E-state index is 5.80. The number of hydrogen-bond acceptors (Lipinski definition) is 3. The molecule has 0 amide bonds. The molecule has 0 saturated carbocycles. The van der Waals surface area contributed by atoms with Gasteiger partial charge in [-0.2, -0.15) is 0 Å². The zero-order valence-corrected chi connectivity index (χ0v) is 11.1. The zero-order valence-electron chi connectivity index (χ0n) is 11.1. The monoisotopic (exact) mass is 236 g/mol. The fourth-order valence-corrected chi connectivity index (χ4v) is 2.00. The largest absolute Gasteiger partial charge is 0.497 e. The van der Waals surface area contributed by atoms with Crippen LogP contribution in [0.5, 0.6) is 5.75 Å². The van der Waals surface area contributed by atoms with Gasteiger partial charge in [-0.3, -0.25) is 4.90 Å². The standard InChI is InChI=1S/C14H24N2O/c1-4-5-13(10-15)16(2)11-12-6-8-14(17-3)9-7-12/h6-9,13H,4-5,10-11,15H2,1-3H3. The fraction of sp³-hybridized carbons (Fsp3) is 0.571. The van der Waals surface area contributed by atoms with Crippen molar-refractivity contribution in [3.05, 3.63) is 29.8 Å². The Morgan fingerprint density at radius 2 is 1.94 bits per heavy atom. The van der Waals surface area contributed by atoms with Gasteiger partial charge in [0.15, 0.2) is 0 Å². The SMILES string of the molecule is CCCC(CN)N(C)Cc1ccc(OC)cc1. The fourth-order valence-electron chi connectivity index (χ4n) is 2.00. The Labute approximate surface area is 105 Å². The van der Waals surface area contributed by atoms with E-state index in [2.05, 4.69) is 31.0 Å². The molecule has 0 aromatic heterocycles. The van der Waals surface area contributed by atoms with E-state index in [4.69, 9.17) is 10.5 Å². The molecule has 0 bridgehead atoms. The first-order valence-corrected chi connectivity index (χ1v) is 6.24. The summed E-state index contributed by atoms with van der Waals surface area (Å²) in [5.41, 5.74) is 7.09. The van der Waals surface area contributed by atoms with Gasteiger partial charge in [0.1, 0.15) is 5.75 Å². The number of nitrogens with zero attached hydrogens (tertiary/aromatic N) is 1. The highest BCUT2D eigenvalue weighted by Crippen LogP contribution is 2.14. The van der Waals surface area contributed by atoms with Gasteiger partial charge in [0.2, 0.25) is 0 Å². The molecule has 1 aromatic rings. The molecular weight excluding hydrogens is 212 g/mol. The lowest BCUT2D eigenvalue weighted by atomic mass is 10.1. The van der Waals surface area contributed by atoms with Crippen molar-refractivity contribution in [3.8, 4) is 5.75 Å². The summed E-state index contributed by atoms with van der Waals surface area (Å²) in [5, 5.41) is 0. The Morgan fingerprint density at radius 1 is 1.29 bits per heavy atom. The molecule has 2 N–H and O–H groups in total. The Hall–Kier alpha value is -1.06. The second-order valence-electron chi connectivity index (χ2n) is 4.44. The van der Waals surface area contributed by atoms with Crippen LogP contribution in [0.15, 0.2) is 24.3 Å². The summed E-state index contributed by atoms with van der Waals surface area (Å²) in [6, 6.07) is 8.69. The molecule has 0 aliphatic carbocycles. The van der Waals surface area contributed by atoms with Gasteiger partial charge in [-0.15, -0.1) is 0 Å². The van der Waals surface area contributed by atoms with Crippen molar-refractivity contribution in [1.29, 1.82) is 0 Å². The van der Waals surface area contributed by atoms with E-state index in [0.717, 1.165) is 25.3 Å². The molecule has 1 unspecified atom stereocenters. The number of likely N-dealkylation sites (N-methyl/N-ethyl adjacent to an activating group) is 1. The molecule has 0 fully saturated rings. The van der Waals surface area contributed by atoms with Crippen molar-refractivity contribution in [3.63, 3.8) is 0 Å². The average Bonchev–Trinajstić information content (AvgIpc) is 2.36. The summed E-state index contributed by atoms with van der Waals surface area (Å²) in [4.78, 5) is 2.32. The van der Waals surface area contributed by atoms with Crippen LogP contribution < -0.4 is 10.5 Å². The van der Waals surface area contributed by atoms with Crippen LogP contribution >= 0.6 is 0 Å². The van der Waals surface area contributed by atoms with E-state index in [1.54, 1.807) is 7.11 Å².